The van der Waals surface area contributed by atoms with Gasteiger partial charge in [0.25, 0.3) is 5.91 Å². The van der Waals surface area contributed by atoms with Gasteiger partial charge in [-0.25, -0.2) is 4.79 Å². The van der Waals surface area contributed by atoms with E-state index in [0.29, 0.717) is 28.5 Å². The Morgan fingerprint density at radius 1 is 1.14 bits per heavy atom. The summed E-state index contributed by atoms with van der Waals surface area (Å²) in [6.45, 7) is 6.73. The van der Waals surface area contributed by atoms with Gasteiger partial charge in [-0.15, -0.1) is 0 Å². The maximum Gasteiger partial charge on any atom is 0.337 e. The quantitative estimate of drug-likeness (QED) is 0.599. The summed E-state index contributed by atoms with van der Waals surface area (Å²) in [7, 11) is 1.31. The molecule has 0 fully saturated rings. The highest BCUT2D eigenvalue weighted by atomic mass is 35.5. The number of amides is 1. The van der Waals surface area contributed by atoms with Gasteiger partial charge in [0.15, 0.2) is 0 Å². The molecule has 0 atom stereocenters. The summed E-state index contributed by atoms with van der Waals surface area (Å²) in [6.07, 6.45) is 0.935. The van der Waals surface area contributed by atoms with Gasteiger partial charge >= 0.3 is 5.97 Å². The van der Waals surface area contributed by atoms with Crippen molar-refractivity contribution in [2.24, 2.45) is 0 Å². The topological polar surface area (TPSA) is 60.3 Å². The molecule has 3 rings (SSSR count). The Bertz CT molecular complexity index is 1070. The summed E-state index contributed by atoms with van der Waals surface area (Å²) < 4.78 is 6.74. The summed E-state index contributed by atoms with van der Waals surface area (Å²) in [5.41, 5.74) is 4.45. The number of hydrogen-bond donors (Lipinski definition) is 1. The lowest BCUT2D eigenvalue weighted by Crippen LogP contribution is -2.18. The summed E-state index contributed by atoms with van der Waals surface area (Å²) >= 11 is 6.23. The molecule has 1 heterocycles. The Morgan fingerprint density at radius 2 is 1.89 bits per heavy atom. The maximum absolute atomic E-state index is 13.1. The van der Waals surface area contributed by atoms with Crippen molar-refractivity contribution in [3.63, 3.8) is 0 Å². The van der Waals surface area contributed by atoms with Gasteiger partial charge in [0, 0.05) is 17.4 Å². The van der Waals surface area contributed by atoms with Crippen molar-refractivity contribution in [2.45, 2.75) is 33.7 Å². The predicted molar refractivity (Wildman–Crippen MR) is 112 cm³/mol. The number of carbonyl (C=O) groups excluding carboxylic acids is 2. The fourth-order valence-corrected chi connectivity index (χ4v) is 3.62. The normalized spacial score (nSPS) is 10.9. The standard InChI is InChI=1S/C22H23ClN2O3/c1-5-14-7-10-19-16(11-14)13(3)20(25(19)6-2)21(26)24-18-12-15(22(27)28-4)8-9-17(18)23/h7-12H,5-6H2,1-4H3,(H,24,26). The third-order valence-electron chi connectivity index (χ3n) is 4.96. The number of carbonyl (C=O) groups is 2. The van der Waals surface area contributed by atoms with E-state index in [1.54, 1.807) is 12.1 Å². The van der Waals surface area contributed by atoms with Gasteiger partial charge < -0.3 is 14.6 Å². The Labute approximate surface area is 169 Å². The van der Waals surface area contributed by atoms with Crippen LogP contribution in [0.2, 0.25) is 5.02 Å². The summed E-state index contributed by atoms with van der Waals surface area (Å²) in [5.74, 6) is -0.754. The number of benzene rings is 2. The maximum atomic E-state index is 13.1. The highest BCUT2D eigenvalue weighted by Crippen LogP contribution is 2.29. The molecule has 6 heteroatoms. The van der Waals surface area contributed by atoms with Gasteiger partial charge in [0.05, 0.1) is 23.4 Å². The number of esters is 1. The number of hydrogen-bond acceptors (Lipinski definition) is 3. The molecule has 0 saturated carbocycles. The van der Waals surface area contributed by atoms with Crippen LogP contribution in [0.15, 0.2) is 36.4 Å². The van der Waals surface area contributed by atoms with Crippen LogP contribution < -0.4 is 5.32 Å². The number of halogens is 1. The second kappa shape index (κ2) is 8.07. The molecule has 1 N–H and O–H groups in total. The second-order valence-electron chi connectivity index (χ2n) is 6.56. The molecule has 0 bridgehead atoms. The van der Waals surface area contributed by atoms with Crippen LogP contribution in [-0.2, 0) is 17.7 Å². The molecule has 28 heavy (non-hydrogen) atoms. The van der Waals surface area contributed by atoms with Gasteiger partial charge in [0.2, 0.25) is 0 Å². The van der Waals surface area contributed by atoms with Crippen molar-refractivity contribution in [1.82, 2.24) is 4.57 Å². The van der Waals surface area contributed by atoms with Crippen molar-refractivity contribution in [3.8, 4) is 0 Å². The van der Waals surface area contributed by atoms with E-state index in [2.05, 4.69) is 30.4 Å². The van der Waals surface area contributed by atoms with Crippen molar-refractivity contribution in [3.05, 3.63) is 63.8 Å². The lowest BCUT2D eigenvalue weighted by atomic mass is 10.1. The molecular weight excluding hydrogens is 376 g/mol. The number of rotatable bonds is 5. The first kappa shape index (κ1) is 20.0. The minimum absolute atomic E-state index is 0.266. The third kappa shape index (κ3) is 3.50. The zero-order valence-corrected chi connectivity index (χ0v) is 17.2. The van der Waals surface area contributed by atoms with Gasteiger partial charge in [-0.2, -0.15) is 0 Å². The van der Waals surface area contributed by atoms with Crippen LogP contribution in [0.1, 0.15) is 45.8 Å². The average molecular weight is 399 g/mol. The van der Waals surface area contributed by atoms with Gasteiger partial charge in [-0.05, 0) is 61.7 Å². The average Bonchev–Trinajstić information content (AvgIpc) is 3.00. The number of fused-ring (bicyclic) bond motifs is 1. The van der Waals surface area contributed by atoms with E-state index < -0.39 is 5.97 Å². The van der Waals surface area contributed by atoms with Crippen molar-refractivity contribution in [1.29, 1.82) is 0 Å². The van der Waals surface area contributed by atoms with Crippen LogP contribution in [0.4, 0.5) is 5.69 Å². The van der Waals surface area contributed by atoms with Crippen LogP contribution in [0.25, 0.3) is 10.9 Å². The number of methoxy groups -OCH3 is 1. The molecule has 146 valence electrons. The van der Waals surface area contributed by atoms with Crippen LogP contribution in [0, 0.1) is 6.92 Å². The Balaban J connectivity index is 2.05. The Kier molecular flexibility index (Phi) is 5.75. The highest BCUT2D eigenvalue weighted by molar-refractivity contribution is 6.34. The van der Waals surface area contributed by atoms with Crippen LogP contribution >= 0.6 is 11.6 Å². The molecule has 0 aliphatic carbocycles. The fourth-order valence-electron chi connectivity index (χ4n) is 3.46. The molecule has 2 aromatic carbocycles. The van der Waals surface area contributed by atoms with E-state index in [0.717, 1.165) is 22.9 Å². The smallest absolute Gasteiger partial charge is 0.337 e. The SMILES string of the molecule is CCc1ccc2c(c1)c(C)c(C(=O)Nc1cc(C(=O)OC)ccc1Cl)n2CC. The minimum atomic E-state index is -0.488. The lowest BCUT2D eigenvalue weighted by Gasteiger charge is -2.12. The van der Waals surface area contributed by atoms with E-state index in [4.69, 9.17) is 16.3 Å². The lowest BCUT2D eigenvalue weighted by molar-refractivity contribution is 0.0600. The zero-order valence-electron chi connectivity index (χ0n) is 16.4. The molecule has 0 saturated heterocycles. The molecule has 5 nitrogen and oxygen atoms in total. The number of nitrogens with one attached hydrogen (secondary N) is 1. The molecule has 1 amide bonds. The summed E-state index contributed by atoms with van der Waals surface area (Å²) in [5, 5.41) is 4.27. The van der Waals surface area contributed by atoms with E-state index in [9.17, 15) is 9.59 Å². The summed E-state index contributed by atoms with van der Waals surface area (Å²) in [6, 6.07) is 10.9. The largest absolute Gasteiger partial charge is 0.465 e. The molecule has 0 radical (unpaired) electrons. The predicted octanol–water partition coefficient (Wildman–Crippen LogP) is 5.22. The van der Waals surface area contributed by atoms with Crippen molar-refractivity contribution in [2.75, 3.05) is 12.4 Å². The van der Waals surface area contributed by atoms with Crippen LogP contribution in [0.3, 0.4) is 0 Å². The minimum Gasteiger partial charge on any atom is -0.465 e. The molecule has 0 aliphatic rings. The van der Waals surface area contributed by atoms with Crippen molar-refractivity contribution < 1.29 is 14.3 Å². The van der Waals surface area contributed by atoms with E-state index >= 15 is 0 Å². The summed E-state index contributed by atoms with van der Waals surface area (Å²) in [4.78, 5) is 24.9. The number of nitrogens with zero attached hydrogens (tertiary/aromatic N) is 1. The first-order chi connectivity index (χ1) is 13.4. The van der Waals surface area contributed by atoms with Crippen LogP contribution in [0.5, 0.6) is 0 Å². The van der Waals surface area contributed by atoms with E-state index in [1.165, 1.54) is 18.7 Å². The third-order valence-corrected chi connectivity index (χ3v) is 5.29. The highest BCUT2D eigenvalue weighted by Gasteiger charge is 2.21. The van der Waals surface area contributed by atoms with Crippen LogP contribution in [-0.4, -0.2) is 23.6 Å². The number of aromatic nitrogens is 1. The molecular formula is C22H23ClN2O3. The molecule has 3 aromatic rings. The number of ether oxygens (including phenoxy) is 1. The second-order valence-corrected chi connectivity index (χ2v) is 6.97. The zero-order chi connectivity index (χ0) is 20.4. The van der Waals surface area contributed by atoms with E-state index in [1.807, 2.05) is 18.4 Å². The Morgan fingerprint density at radius 3 is 2.54 bits per heavy atom. The molecule has 0 unspecified atom stereocenters. The monoisotopic (exact) mass is 398 g/mol. The first-order valence-electron chi connectivity index (χ1n) is 9.22. The Hall–Kier alpha value is -2.79. The van der Waals surface area contributed by atoms with Crippen molar-refractivity contribution >= 4 is 40.1 Å². The molecule has 1 aromatic heterocycles. The number of aryl methyl sites for hydroxylation is 3. The molecule has 0 aliphatic heterocycles. The molecule has 0 spiro atoms. The number of anilines is 1. The van der Waals surface area contributed by atoms with Gasteiger partial charge in [-0.3, -0.25) is 4.79 Å². The fraction of sp³-hybridized carbons (Fsp3) is 0.273. The van der Waals surface area contributed by atoms with Gasteiger partial charge in [-0.1, -0.05) is 24.6 Å². The van der Waals surface area contributed by atoms with E-state index in [-0.39, 0.29) is 5.91 Å². The first-order valence-corrected chi connectivity index (χ1v) is 9.59. The van der Waals surface area contributed by atoms with Gasteiger partial charge in [0.1, 0.15) is 5.69 Å².